The van der Waals surface area contributed by atoms with Crippen molar-refractivity contribution in [2.75, 3.05) is 33.7 Å². The third kappa shape index (κ3) is 4.10. The molecule has 0 bridgehead atoms. The summed E-state index contributed by atoms with van der Waals surface area (Å²) in [5.74, 6) is 0.187. The van der Waals surface area contributed by atoms with Crippen LogP contribution in [0.3, 0.4) is 0 Å². The molecule has 1 heterocycles. The summed E-state index contributed by atoms with van der Waals surface area (Å²) in [5.41, 5.74) is 0. The van der Waals surface area contributed by atoms with Crippen molar-refractivity contribution in [1.82, 2.24) is 15.1 Å². The second-order valence-corrected chi connectivity index (χ2v) is 5.10. The number of amides is 1. The molecule has 4 nitrogen and oxygen atoms in total. The van der Waals surface area contributed by atoms with Gasteiger partial charge in [0.1, 0.15) is 0 Å². The predicted octanol–water partition coefficient (Wildman–Crippen LogP) is 0.537. The number of rotatable bonds is 5. The monoisotopic (exact) mass is 227 g/mol. The molecule has 0 aliphatic carbocycles. The van der Waals surface area contributed by atoms with Gasteiger partial charge >= 0.3 is 0 Å². The van der Waals surface area contributed by atoms with Crippen LogP contribution in [0.25, 0.3) is 0 Å². The first-order chi connectivity index (χ1) is 7.50. The standard InChI is InChI=1S/C12H25N3O/c1-10(2)15(9-12(16)14(3)4)8-11-6-5-7-13-11/h10-11,13H,5-9H2,1-4H3. The molecule has 0 aromatic heterocycles. The van der Waals surface area contributed by atoms with Gasteiger partial charge in [-0.05, 0) is 33.2 Å². The summed E-state index contributed by atoms with van der Waals surface area (Å²) >= 11 is 0. The van der Waals surface area contributed by atoms with Gasteiger partial charge in [0.15, 0.2) is 0 Å². The minimum absolute atomic E-state index is 0.187. The number of hydrogen-bond acceptors (Lipinski definition) is 3. The van der Waals surface area contributed by atoms with E-state index in [9.17, 15) is 4.79 Å². The van der Waals surface area contributed by atoms with Gasteiger partial charge < -0.3 is 10.2 Å². The minimum atomic E-state index is 0.187. The maximum Gasteiger partial charge on any atom is 0.236 e. The average molecular weight is 227 g/mol. The van der Waals surface area contributed by atoms with E-state index in [1.807, 2.05) is 14.1 Å². The lowest BCUT2D eigenvalue weighted by Gasteiger charge is -2.29. The molecule has 16 heavy (non-hydrogen) atoms. The third-order valence-electron chi connectivity index (χ3n) is 3.18. The minimum Gasteiger partial charge on any atom is -0.348 e. The van der Waals surface area contributed by atoms with Gasteiger partial charge in [-0.1, -0.05) is 0 Å². The largest absolute Gasteiger partial charge is 0.348 e. The second-order valence-electron chi connectivity index (χ2n) is 5.10. The van der Waals surface area contributed by atoms with E-state index in [0.29, 0.717) is 18.6 Å². The summed E-state index contributed by atoms with van der Waals surface area (Å²) in [6, 6.07) is 0.990. The fourth-order valence-electron chi connectivity index (χ4n) is 1.97. The number of likely N-dealkylation sites (N-methyl/N-ethyl adjacent to an activating group) is 1. The second kappa shape index (κ2) is 6.21. The molecule has 0 aromatic rings. The first-order valence-corrected chi connectivity index (χ1v) is 6.18. The number of hydrogen-bond donors (Lipinski definition) is 1. The van der Waals surface area contributed by atoms with Crippen LogP contribution in [0.1, 0.15) is 26.7 Å². The van der Waals surface area contributed by atoms with Gasteiger partial charge in [0.05, 0.1) is 6.54 Å². The average Bonchev–Trinajstić information content (AvgIpc) is 2.68. The number of carbonyl (C=O) groups is 1. The molecular weight excluding hydrogens is 202 g/mol. The lowest BCUT2D eigenvalue weighted by atomic mass is 10.2. The molecule has 4 heteroatoms. The normalized spacial score (nSPS) is 20.8. The lowest BCUT2D eigenvalue weighted by molar-refractivity contribution is -0.130. The van der Waals surface area contributed by atoms with Crippen molar-refractivity contribution < 1.29 is 4.79 Å². The summed E-state index contributed by atoms with van der Waals surface area (Å²) in [6.45, 7) is 6.94. The highest BCUT2D eigenvalue weighted by atomic mass is 16.2. The van der Waals surface area contributed by atoms with Gasteiger partial charge in [-0.25, -0.2) is 0 Å². The Morgan fingerprint density at radius 2 is 2.12 bits per heavy atom. The summed E-state index contributed by atoms with van der Waals surface area (Å²) in [5, 5.41) is 3.48. The van der Waals surface area contributed by atoms with Crippen LogP contribution in [-0.4, -0.2) is 61.5 Å². The highest BCUT2D eigenvalue weighted by Gasteiger charge is 2.21. The predicted molar refractivity (Wildman–Crippen MR) is 66.4 cm³/mol. The van der Waals surface area contributed by atoms with Gasteiger partial charge in [-0.3, -0.25) is 9.69 Å². The van der Waals surface area contributed by atoms with Crippen LogP contribution in [0.4, 0.5) is 0 Å². The molecule has 1 unspecified atom stereocenters. The summed E-state index contributed by atoms with van der Waals surface area (Å²) in [4.78, 5) is 15.6. The summed E-state index contributed by atoms with van der Waals surface area (Å²) < 4.78 is 0. The lowest BCUT2D eigenvalue weighted by Crippen LogP contribution is -2.46. The Kier molecular flexibility index (Phi) is 5.22. The third-order valence-corrected chi connectivity index (χ3v) is 3.18. The van der Waals surface area contributed by atoms with E-state index in [1.165, 1.54) is 12.8 Å². The Morgan fingerprint density at radius 1 is 1.44 bits per heavy atom. The summed E-state index contributed by atoms with van der Waals surface area (Å²) in [6.07, 6.45) is 2.50. The van der Waals surface area contributed by atoms with E-state index in [1.54, 1.807) is 4.90 Å². The van der Waals surface area contributed by atoms with E-state index < -0.39 is 0 Å². The zero-order chi connectivity index (χ0) is 12.1. The van der Waals surface area contributed by atoms with E-state index in [-0.39, 0.29) is 5.91 Å². The fourth-order valence-corrected chi connectivity index (χ4v) is 1.97. The van der Waals surface area contributed by atoms with Gasteiger partial charge in [0.2, 0.25) is 5.91 Å². The van der Waals surface area contributed by atoms with Crippen molar-refractivity contribution in [2.24, 2.45) is 0 Å². The Bertz CT molecular complexity index is 222. The van der Waals surface area contributed by atoms with Crippen molar-refractivity contribution in [1.29, 1.82) is 0 Å². The van der Waals surface area contributed by atoms with Crippen molar-refractivity contribution in [2.45, 2.75) is 38.8 Å². The zero-order valence-corrected chi connectivity index (χ0v) is 11.0. The van der Waals surface area contributed by atoms with E-state index in [2.05, 4.69) is 24.1 Å². The molecule has 1 aliphatic heterocycles. The van der Waals surface area contributed by atoms with Crippen molar-refractivity contribution in [3.63, 3.8) is 0 Å². The Hall–Kier alpha value is -0.610. The SMILES string of the molecule is CC(C)N(CC(=O)N(C)C)CC1CCCN1. The Morgan fingerprint density at radius 3 is 2.56 bits per heavy atom. The molecule has 1 saturated heterocycles. The van der Waals surface area contributed by atoms with E-state index >= 15 is 0 Å². The topological polar surface area (TPSA) is 35.6 Å². The smallest absolute Gasteiger partial charge is 0.236 e. The molecule has 1 N–H and O–H groups in total. The molecule has 0 aromatic carbocycles. The molecule has 0 spiro atoms. The quantitative estimate of drug-likeness (QED) is 0.744. The van der Waals surface area contributed by atoms with E-state index in [0.717, 1.165) is 13.1 Å². The molecule has 1 rings (SSSR count). The van der Waals surface area contributed by atoms with Crippen LogP contribution in [0.5, 0.6) is 0 Å². The zero-order valence-electron chi connectivity index (χ0n) is 11.0. The van der Waals surface area contributed by atoms with Crippen molar-refractivity contribution in [3.8, 4) is 0 Å². The molecule has 0 saturated carbocycles. The van der Waals surface area contributed by atoms with Crippen molar-refractivity contribution >= 4 is 5.91 Å². The molecule has 1 amide bonds. The molecule has 1 aliphatic rings. The van der Waals surface area contributed by atoms with Crippen LogP contribution in [0.2, 0.25) is 0 Å². The van der Waals surface area contributed by atoms with Crippen molar-refractivity contribution in [3.05, 3.63) is 0 Å². The van der Waals surface area contributed by atoms with Gasteiger partial charge in [-0.15, -0.1) is 0 Å². The van der Waals surface area contributed by atoms with Crippen LogP contribution < -0.4 is 5.32 Å². The van der Waals surface area contributed by atoms with Crippen LogP contribution in [-0.2, 0) is 4.79 Å². The number of nitrogens with zero attached hydrogens (tertiary/aromatic N) is 2. The first kappa shape index (κ1) is 13.5. The number of nitrogens with one attached hydrogen (secondary N) is 1. The molecule has 0 radical (unpaired) electrons. The molecule has 1 atom stereocenters. The number of carbonyl (C=O) groups excluding carboxylic acids is 1. The molecular formula is C12H25N3O. The molecule has 1 fully saturated rings. The highest BCUT2D eigenvalue weighted by molar-refractivity contribution is 5.77. The van der Waals surface area contributed by atoms with Crippen LogP contribution >= 0.6 is 0 Å². The van der Waals surface area contributed by atoms with Crippen LogP contribution in [0.15, 0.2) is 0 Å². The highest BCUT2D eigenvalue weighted by Crippen LogP contribution is 2.09. The maximum absolute atomic E-state index is 11.7. The fraction of sp³-hybridized carbons (Fsp3) is 0.917. The first-order valence-electron chi connectivity index (χ1n) is 6.18. The van der Waals surface area contributed by atoms with E-state index in [4.69, 9.17) is 0 Å². The Balaban J connectivity index is 2.43. The maximum atomic E-state index is 11.7. The van der Waals surface area contributed by atoms with Crippen LogP contribution in [0, 0.1) is 0 Å². The molecule has 94 valence electrons. The van der Waals surface area contributed by atoms with Gasteiger partial charge in [0.25, 0.3) is 0 Å². The Labute approximate surface area is 99.0 Å². The van der Waals surface area contributed by atoms with Gasteiger partial charge in [0, 0.05) is 32.7 Å². The summed E-state index contributed by atoms with van der Waals surface area (Å²) in [7, 11) is 3.63. The van der Waals surface area contributed by atoms with Gasteiger partial charge in [-0.2, -0.15) is 0 Å².